The van der Waals surface area contributed by atoms with Crippen LogP contribution in [-0.2, 0) is 11.3 Å². The van der Waals surface area contributed by atoms with Crippen molar-refractivity contribution in [1.82, 2.24) is 0 Å². The first kappa shape index (κ1) is 20.0. The fourth-order valence-electron chi connectivity index (χ4n) is 3.98. The van der Waals surface area contributed by atoms with Gasteiger partial charge < -0.3 is 24.6 Å². The minimum Gasteiger partial charge on any atom is -0.486 e. The molecular formula is C22H28ClN3O3+2. The SMILES string of the molecule is C[C@H](C(=O)Nc1ccc2c(c1)OCCO2)[NH+]1CC[NH+](Cc2ccc(Cl)cc2)CC1. The molecule has 1 atom stereocenters. The molecule has 0 saturated carbocycles. The van der Waals surface area contributed by atoms with Gasteiger partial charge in [0, 0.05) is 22.3 Å². The maximum atomic E-state index is 12.8. The lowest BCUT2D eigenvalue weighted by atomic mass is 10.1. The number of amides is 1. The van der Waals surface area contributed by atoms with Gasteiger partial charge in [0.1, 0.15) is 45.9 Å². The third kappa shape index (κ3) is 5.01. The van der Waals surface area contributed by atoms with Gasteiger partial charge in [-0.3, -0.25) is 4.79 Å². The normalized spacial score (nSPS) is 22.0. The Morgan fingerprint density at radius 3 is 2.45 bits per heavy atom. The van der Waals surface area contributed by atoms with Crippen molar-refractivity contribution in [3.05, 3.63) is 53.1 Å². The molecule has 2 heterocycles. The van der Waals surface area contributed by atoms with E-state index < -0.39 is 0 Å². The number of anilines is 1. The van der Waals surface area contributed by atoms with Crippen LogP contribution < -0.4 is 24.6 Å². The highest BCUT2D eigenvalue weighted by Crippen LogP contribution is 2.32. The van der Waals surface area contributed by atoms with Crippen LogP contribution in [0.15, 0.2) is 42.5 Å². The lowest BCUT2D eigenvalue weighted by molar-refractivity contribution is -1.02. The molecule has 6 nitrogen and oxygen atoms in total. The molecule has 154 valence electrons. The monoisotopic (exact) mass is 417 g/mol. The largest absolute Gasteiger partial charge is 0.486 e. The molecule has 2 aromatic rings. The second-order valence-corrected chi connectivity index (χ2v) is 8.22. The Labute approximate surface area is 176 Å². The van der Waals surface area contributed by atoms with Crippen LogP contribution in [0.4, 0.5) is 5.69 Å². The Hall–Kier alpha value is -2.28. The van der Waals surface area contributed by atoms with E-state index in [2.05, 4.69) is 17.4 Å². The molecule has 7 heteroatoms. The van der Waals surface area contributed by atoms with Gasteiger partial charge in [-0.1, -0.05) is 23.7 Å². The molecule has 3 N–H and O–H groups in total. The van der Waals surface area contributed by atoms with Crippen LogP contribution in [0.1, 0.15) is 12.5 Å². The van der Waals surface area contributed by atoms with Gasteiger partial charge >= 0.3 is 0 Å². The fraction of sp³-hybridized carbons (Fsp3) is 0.409. The Morgan fingerprint density at radius 1 is 1.03 bits per heavy atom. The smallest absolute Gasteiger partial charge is 0.282 e. The van der Waals surface area contributed by atoms with Crippen LogP contribution in [0.5, 0.6) is 11.5 Å². The van der Waals surface area contributed by atoms with Crippen molar-refractivity contribution < 1.29 is 24.1 Å². The predicted molar refractivity (Wildman–Crippen MR) is 112 cm³/mol. The fourth-order valence-corrected chi connectivity index (χ4v) is 4.11. The molecule has 29 heavy (non-hydrogen) atoms. The molecule has 0 aromatic heterocycles. The van der Waals surface area contributed by atoms with Crippen molar-refractivity contribution in [2.75, 3.05) is 44.7 Å². The average Bonchev–Trinajstić information content (AvgIpc) is 2.75. The van der Waals surface area contributed by atoms with E-state index in [1.165, 1.54) is 10.5 Å². The number of fused-ring (bicyclic) bond motifs is 1. The van der Waals surface area contributed by atoms with E-state index >= 15 is 0 Å². The van der Waals surface area contributed by atoms with Crippen LogP contribution in [0, 0.1) is 0 Å². The van der Waals surface area contributed by atoms with Crippen molar-refractivity contribution in [1.29, 1.82) is 0 Å². The van der Waals surface area contributed by atoms with E-state index in [4.69, 9.17) is 21.1 Å². The second kappa shape index (κ2) is 9.03. The second-order valence-electron chi connectivity index (χ2n) is 7.78. The van der Waals surface area contributed by atoms with E-state index in [1.54, 1.807) is 4.90 Å². The molecule has 2 aliphatic rings. The summed E-state index contributed by atoms with van der Waals surface area (Å²) in [5, 5.41) is 3.80. The number of ether oxygens (including phenoxy) is 2. The van der Waals surface area contributed by atoms with Crippen molar-refractivity contribution in [3.8, 4) is 11.5 Å². The van der Waals surface area contributed by atoms with Gasteiger partial charge in [0.05, 0.1) is 0 Å². The molecular weight excluding hydrogens is 390 g/mol. The van der Waals surface area contributed by atoms with Crippen molar-refractivity contribution in [3.63, 3.8) is 0 Å². The molecule has 2 aliphatic heterocycles. The number of hydrogen-bond donors (Lipinski definition) is 3. The molecule has 1 fully saturated rings. The summed E-state index contributed by atoms with van der Waals surface area (Å²) in [6.45, 7) is 8.18. The Balaban J connectivity index is 1.28. The van der Waals surface area contributed by atoms with Gasteiger partial charge in [-0.15, -0.1) is 0 Å². The van der Waals surface area contributed by atoms with Crippen LogP contribution in [0.25, 0.3) is 0 Å². The van der Waals surface area contributed by atoms with Crippen molar-refractivity contribution >= 4 is 23.2 Å². The van der Waals surface area contributed by atoms with Crippen molar-refractivity contribution in [2.24, 2.45) is 0 Å². The molecule has 1 amide bonds. The molecule has 0 unspecified atom stereocenters. The van der Waals surface area contributed by atoms with E-state index in [1.807, 2.05) is 37.3 Å². The zero-order chi connectivity index (χ0) is 20.2. The molecule has 0 aliphatic carbocycles. The number of carbonyl (C=O) groups is 1. The van der Waals surface area contributed by atoms with Crippen molar-refractivity contribution in [2.45, 2.75) is 19.5 Å². The summed E-state index contributed by atoms with van der Waals surface area (Å²) in [6, 6.07) is 13.5. The third-order valence-corrected chi connectivity index (χ3v) is 6.03. The average molecular weight is 418 g/mol. The van der Waals surface area contributed by atoms with Gasteiger partial charge in [0.25, 0.3) is 5.91 Å². The number of quaternary nitrogens is 2. The summed E-state index contributed by atoms with van der Waals surface area (Å²) < 4.78 is 11.1. The zero-order valence-electron chi connectivity index (χ0n) is 16.7. The van der Waals surface area contributed by atoms with Gasteiger partial charge in [-0.25, -0.2) is 0 Å². The van der Waals surface area contributed by atoms with Gasteiger partial charge in [0.2, 0.25) is 0 Å². The molecule has 4 rings (SSSR count). The van der Waals surface area contributed by atoms with Crippen LogP contribution in [0.3, 0.4) is 0 Å². The highest BCUT2D eigenvalue weighted by molar-refractivity contribution is 6.30. The van der Waals surface area contributed by atoms with E-state index in [0.29, 0.717) is 19.0 Å². The van der Waals surface area contributed by atoms with E-state index in [9.17, 15) is 4.79 Å². The number of hydrogen-bond acceptors (Lipinski definition) is 3. The molecule has 1 saturated heterocycles. The number of piperazine rings is 1. The number of benzene rings is 2. The summed E-state index contributed by atoms with van der Waals surface area (Å²) in [5.74, 6) is 1.46. The summed E-state index contributed by atoms with van der Waals surface area (Å²) >= 11 is 5.97. The first-order valence-corrected chi connectivity index (χ1v) is 10.6. The highest BCUT2D eigenvalue weighted by Gasteiger charge is 2.31. The van der Waals surface area contributed by atoms with Crippen LogP contribution >= 0.6 is 11.6 Å². The van der Waals surface area contributed by atoms with Gasteiger partial charge in [0.15, 0.2) is 17.5 Å². The minimum absolute atomic E-state index is 0.0397. The van der Waals surface area contributed by atoms with Crippen LogP contribution in [0.2, 0.25) is 5.02 Å². The lowest BCUT2D eigenvalue weighted by Crippen LogP contribution is -3.29. The molecule has 0 radical (unpaired) electrons. The van der Waals surface area contributed by atoms with Gasteiger partial charge in [-0.05, 0) is 31.2 Å². The number of carbonyl (C=O) groups excluding carboxylic acids is 1. The number of nitrogens with one attached hydrogen (secondary N) is 3. The van der Waals surface area contributed by atoms with E-state index in [0.717, 1.165) is 49.2 Å². The Bertz CT molecular complexity index is 851. The Kier molecular flexibility index (Phi) is 6.23. The predicted octanol–water partition coefficient (Wildman–Crippen LogP) is 0.422. The topological polar surface area (TPSA) is 56.4 Å². The summed E-state index contributed by atoms with van der Waals surface area (Å²) in [4.78, 5) is 15.6. The standard InChI is InChI=1S/C22H26ClN3O3/c1-16(22(27)24-19-6-7-20-21(14-19)29-13-12-28-20)26-10-8-25(9-11-26)15-17-2-4-18(23)5-3-17/h2-7,14,16H,8-13,15H2,1H3,(H,24,27)/p+2/t16-/m1/s1. The maximum Gasteiger partial charge on any atom is 0.282 e. The van der Waals surface area contributed by atoms with E-state index in [-0.39, 0.29) is 11.9 Å². The lowest BCUT2D eigenvalue weighted by Gasteiger charge is -2.32. The zero-order valence-corrected chi connectivity index (χ0v) is 17.4. The van der Waals surface area contributed by atoms with Crippen LogP contribution in [-0.4, -0.2) is 51.3 Å². The molecule has 0 spiro atoms. The summed E-state index contributed by atoms with van der Waals surface area (Å²) in [5.41, 5.74) is 2.05. The molecule has 0 bridgehead atoms. The Morgan fingerprint density at radius 2 is 1.72 bits per heavy atom. The summed E-state index contributed by atoms with van der Waals surface area (Å²) in [6.07, 6.45) is 0. The first-order valence-electron chi connectivity index (χ1n) is 10.2. The quantitative estimate of drug-likeness (QED) is 0.661. The summed E-state index contributed by atoms with van der Waals surface area (Å²) in [7, 11) is 0. The first-order chi connectivity index (χ1) is 14.1. The highest BCUT2D eigenvalue weighted by atomic mass is 35.5. The maximum absolute atomic E-state index is 12.8. The van der Waals surface area contributed by atoms with Gasteiger partial charge in [-0.2, -0.15) is 0 Å². The minimum atomic E-state index is -0.0970. The number of rotatable bonds is 5. The third-order valence-electron chi connectivity index (χ3n) is 5.78. The molecule has 2 aromatic carbocycles. The number of halogens is 1.